The van der Waals surface area contributed by atoms with Crippen molar-refractivity contribution in [1.29, 1.82) is 0 Å². The maximum Gasteiger partial charge on any atom is 0.243 e. The first-order chi connectivity index (χ1) is 5.33. The number of hydrogen-bond acceptors (Lipinski definition) is 1. The molecule has 1 amide bonds. The SMILES string of the molecule is O=C1C=C(CCCI)CCN1. The Morgan fingerprint density at radius 2 is 2.45 bits per heavy atom. The quantitative estimate of drug-likeness (QED) is 0.610. The largest absolute Gasteiger partial charge is 0.352 e. The Morgan fingerprint density at radius 1 is 1.64 bits per heavy atom. The summed E-state index contributed by atoms with van der Waals surface area (Å²) in [5.41, 5.74) is 1.31. The summed E-state index contributed by atoms with van der Waals surface area (Å²) >= 11 is 2.36. The van der Waals surface area contributed by atoms with Gasteiger partial charge in [-0.15, -0.1) is 0 Å². The normalized spacial score (nSPS) is 17.5. The molecule has 0 aromatic carbocycles. The van der Waals surface area contributed by atoms with Gasteiger partial charge >= 0.3 is 0 Å². The molecule has 3 heteroatoms. The van der Waals surface area contributed by atoms with Crippen LogP contribution in [0.15, 0.2) is 11.6 Å². The Morgan fingerprint density at radius 3 is 3.09 bits per heavy atom. The molecule has 62 valence electrons. The molecular weight excluding hydrogens is 253 g/mol. The van der Waals surface area contributed by atoms with E-state index in [1.165, 1.54) is 16.4 Å². The molecule has 1 N–H and O–H groups in total. The molecule has 0 aromatic rings. The molecule has 1 heterocycles. The highest BCUT2D eigenvalue weighted by molar-refractivity contribution is 14.1. The molecule has 0 unspecified atom stereocenters. The summed E-state index contributed by atoms with van der Waals surface area (Å²) in [6, 6.07) is 0. The average molecular weight is 265 g/mol. The molecule has 0 bridgehead atoms. The van der Waals surface area contributed by atoms with E-state index in [1.807, 2.05) is 0 Å². The van der Waals surface area contributed by atoms with Gasteiger partial charge in [0.05, 0.1) is 0 Å². The van der Waals surface area contributed by atoms with Crippen LogP contribution in [0.4, 0.5) is 0 Å². The third-order valence-electron chi connectivity index (χ3n) is 1.71. The van der Waals surface area contributed by atoms with E-state index < -0.39 is 0 Å². The average Bonchev–Trinajstić information content (AvgIpc) is 2.01. The van der Waals surface area contributed by atoms with E-state index in [-0.39, 0.29) is 5.91 Å². The number of hydrogen-bond donors (Lipinski definition) is 1. The highest BCUT2D eigenvalue weighted by Gasteiger charge is 2.07. The molecule has 0 radical (unpaired) electrons. The molecule has 0 saturated carbocycles. The number of carbonyl (C=O) groups excluding carboxylic acids is 1. The van der Waals surface area contributed by atoms with Crippen LogP contribution in [0.3, 0.4) is 0 Å². The van der Waals surface area contributed by atoms with Gasteiger partial charge < -0.3 is 5.32 Å². The number of halogens is 1. The third kappa shape index (κ3) is 3.22. The second-order valence-corrected chi connectivity index (χ2v) is 3.71. The molecule has 0 aliphatic carbocycles. The Kier molecular flexibility index (Phi) is 3.90. The van der Waals surface area contributed by atoms with Crippen molar-refractivity contribution in [1.82, 2.24) is 5.32 Å². The zero-order chi connectivity index (χ0) is 8.10. The third-order valence-corrected chi connectivity index (χ3v) is 2.47. The van der Waals surface area contributed by atoms with Crippen LogP contribution in [0.5, 0.6) is 0 Å². The Hall–Kier alpha value is -0.0600. The van der Waals surface area contributed by atoms with Crippen LogP contribution in [0.2, 0.25) is 0 Å². The van der Waals surface area contributed by atoms with Crippen molar-refractivity contribution in [2.45, 2.75) is 19.3 Å². The molecule has 1 aliphatic heterocycles. The van der Waals surface area contributed by atoms with Crippen molar-refractivity contribution < 1.29 is 4.79 Å². The predicted octanol–water partition coefficient (Wildman–Crippen LogP) is 1.65. The summed E-state index contributed by atoms with van der Waals surface area (Å²) < 4.78 is 1.18. The fraction of sp³-hybridized carbons (Fsp3) is 0.625. The molecule has 11 heavy (non-hydrogen) atoms. The molecule has 2 nitrogen and oxygen atoms in total. The molecule has 0 fully saturated rings. The van der Waals surface area contributed by atoms with Gasteiger partial charge in [-0.2, -0.15) is 0 Å². The van der Waals surface area contributed by atoms with Gasteiger partial charge in [0.15, 0.2) is 0 Å². The van der Waals surface area contributed by atoms with Crippen molar-refractivity contribution in [3.8, 4) is 0 Å². The van der Waals surface area contributed by atoms with Gasteiger partial charge in [0, 0.05) is 12.6 Å². The molecule has 1 aliphatic rings. The monoisotopic (exact) mass is 265 g/mol. The summed E-state index contributed by atoms with van der Waals surface area (Å²) in [5, 5.41) is 2.77. The molecule has 0 aromatic heterocycles. The first kappa shape index (κ1) is 9.03. The highest BCUT2D eigenvalue weighted by Crippen LogP contribution is 2.12. The van der Waals surface area contributed by atoms with Crippen molar-refractivity contribution in [2.75, 3.05) is 11.0 Å². The van der Waals surface area contributed by atoms with E-state index in [4.69, 9.17) is 0 Å². The van der Waals surface area contributed by atoms with Crippen LogP contribution in [0, 0.1) is 0 Å². The molecule has 0 atom stereocenters. The van der Waals surface area contributed by atoms with Crippen molar-refractivity contribution >= 4 is 28.5 Å². The Balaban J connectivity index is 2.37. The Bertz CT molecular complexity index is 177. The zero-order valence-electron chi connectivity index (χ0n) is 6.40. The zero-order valence-corrected chi connectivity index (χ0v) is 8.56. The lowest BCUT2D eigenvalue weighted by Gasteiger charge is -2.12. The molecule has 1 rings (SSSR count). The molecular formula is C8H12INO. The number of amides is 1. The van der Waals surface area contributed by atoms with Crippen LogP contribution in [-0.2, 0) is 4.79 Å². The van der Waals surface area contributed by atoms with E-state index in [2.05, 4.69) is 27.9 Å². The van der Waals surface area contributed by atoms with Gasteiger partial charge in [-0.1, -0.05) is 28.2 Å². The van der Waals surface area contributed by atoms with Gasteiger partial charge in [0.2, 0.25) is 5.91 Å². The van der Waals surface area contributed by atoms with E-state index >= 15 is 0 Å². The fourth-order valence-corrected chi connectivity index (χ4v) is 1.53. The van der Waals surface area contributed by atoms with Gasteiger partial charge in [0.1, 0.15) is 0 Å². The van der Waals surface area contributed by atoms with Crippen molar-refractivity contribution in [3.05, 3.63) is 11.6 Å². The van der Waals surface area contributed by atoms with E-state index in [0.717, 1.165) is 19.4 Å². The summed E-state index contributed by atoms with van der Waals surface area (Å²) in [4.78, 5) is 10.8. The van der Waals surface area contributed by atoms with Gasteiger partial charge in [-0.05, 0) is 23.7 Å². The first-order valence-electron chi connectivity index (χ1n) is 3.86. The fourth-order valence-electron chi connectivity index (χ4n) is 1.15. The predicted molar refractivity (Wildman–Crippen MR) is 53.8 cm³/mol. The highest BCUT2D eigenvalue weighted by atomic mass is 127. The number of alkyl halides is 1. The van der Waals surface area contributed by atoms with Gasteiger partial charge in [0.25, 0.3) is 0 Å². The van der Waals surface area contributed by atoms with Crippen molar-refractivity contribution in [3.63, 3.8) is 0 Å². The second kappa shape index (κ2) is 4.74. The standard InChI is InChI=1S/C8H12INO/c9-4-1-2-7-3-5-10-8(11)6-7/h6H,1-5H2,(H,10,11). The maximum absolute atomic E-state index is 10.8. The summed E-state index contributed by atoms with van der Waals surface area (Å²) in [5.74, 6) is 0.0831. The molecule has 0 spiro atoms. The van der Waals surface area contributed by atoms with Gasteiger partial charge in [-0.25, -0.2) is 0 Å². The Labute approximate surface area is 80.6 Å². The minimum atomic E-state index is 0.0831. The summed E-state index contributed by atoms with van der Waals surface area (Å²) in [7, 11) is 0. The lowest BCUT2D eigenvalue weighted by Crippen LogP contribution is -2.26. The van der Waals surface area contributed by atoms with E-state index in [9.17, 15) is 4.79 Å². The lowest BCUT2D eigenvalue weighted by atomic mass is 10.0. The van der Waals surface area contributed by atoms with E-state index in [1.54, 1.807) is 6.08 Å². The maximum atomic E-state index is 10.8. The van der Waals surface area contributed by atoms with Crippen LogP contribution in [-0.4, -0.2) is 16.9 Å². The minimum absolute atomic E-state index is 0.0831. The number of carbonyl (C=O) groups is 1. The summed E-state index contributed by atoms with van der Waals surface area (Å²) in [6.07, 6.45) is 5.08. The van der Waals surface area contributed by atoms with Crippen molar-refractivity contribution in [2.24, 2.45) is 0 Å². The first-order valence-corrected chi connectivity index (χ1v) is 5.38. The van der Waals surface area contributed by atoms with E-state index in [0.29, 0.717) is 0 Å². The van der Waals surface area contributed by atoms with Crippen LogP contribution in [0.1, 0.15) is 19.3 Å². The number of rotatable bonds is 3. The smallest absolute Gasteiger partial charge is 0.243 e. The number of nitrogens with one attached hydrogen (secondary N) is 1. The minimum Gasteiger partial charge on any atom is -0.352 e. The van der Waals surface area contributed by atoms with Crippen LogP contribution < -0.4 is 5.32 Å². The van der Waals surface area contributed by atoms with Gasteiger partial charge in [-0.3, -0.25) is 4.79 Å². The topological polar surface area (TPSA) is 29.1 Å². The van der Waals surface area contributed by atoms with Crippen LogP contribution in [0.25, 0.3) is 0 Å². The lowest BCUT2D eigenvalue weighted by molar-refractivity contribution is -0.116. The van der Waals surface area contributed by atoms with Crippen LogP contribution >= 0.6 is 22.6 Å². The molecule has 0 saturated heterocycles. The second-order valence-electron chi connectivity index (χ2n) is 2.64. The summed E-state index contributed by atoms with van der Waals surface area (Å²) in [6.45, 7) is 0.825.